The van der Waals surface area contributed by atoms with Gasteiger partial charge in [0.1, 0.15) is 11.6 Å². The number of aromatic nitrogens is 6. The van der Waals surface area contributed by atoms with Gasteiger partial charge in [-0.3, -0.25) is 4.68 Å². The lowest BCUT2D eigenvalue weighted by atomic mass is 9.89. The quantitative estimate of drug-likeness (QED) is 0.638. The Kier molecular flexibility index (Phi) is 4.92. The second kappa shape index (κ2) is 7.51. The van der Waals surface area contributed by atoms with Gasteiger partial charge < -0.3 is 9.64 Å². The van der Waals surface area contributed by atoms with Crippen molar-refractivity contribution < 1.29 is 4.74 Å². The molecule has 0 aromatic carbocycles. The Bertz CT molecular complexity index is 1120. The zero-order valence-electron chi connectivity index (χ0n) is 19.1. The summed E-state index contributed by atoms with van der Waals surface area (Å²) in [5.74, 6) is 1.13. The second-order valence-corrected chi connectivity index (χ2v) is 9.83. The molecule has 31 heavy (non-hydrogen) atoms. The molecule has 0 amide bonds. The van der Waals surface area contributed by atoms with Crippen LogP contribution in [0.15, 0.2) is 12.4 Å². The number of hydrogen-bond acceptors (Lipinski definition) is 7. The molecule has 3 aromatic rings. The fourth-order valence-corrected chi connectivity index (χ4v) is 4.86. The van der Waals surface area contributed by atoms with Gasteiger partial charge >= 0.3 is 0 Å². The van der Waals surface area contributed by atoms with Crippen LogP contribution >= 0.6 is 0 Å². The van der Waals surface area contributed by atoms with Crippen molar-refractivity contribution in [3.05, 3.63) is 35.0 Å². The molecule has 2 aliphatic rings. The number of nitrogens with zero attached hydrogens (tertiary/aromatic N) is 7. The van der Waals surface area contributed by atoms with Crippen LogP contribution in [0.5, 0.6) is 0 Å². The fraction of sp³-hybridized carbons (Fsp3) is 0.609. The SMILES string of the molecule is Cc1nc2nc(N3CCOC(c4cnn(C)c4)C3)nc([C@H]3CCC(C)(C)C3)c2nc1C. The maximum absolute atomic E-state index is 6.03. The van der Waals surface area contributed by atoms with E-state index < -0.39 is 0 Å². The highest BCUT2D eigenvalue weighted by molar-refractivity contribution is 5.75. The van der Waals surface area contributed by atoms with Gasteiger partial charge in [-0.05, 0) is 38.5 Å². The smallest absolute Gasteiger partial charge is 0.227 e. The molecule has 0 N–H and O–H groups in total. The van der Waals surface area contributed by atoms with Crippen LogP contribution in [0.1, 0.15) is 67.8 Å². The van der Waals surface area contributed by atoms with E-state index in [2.05, 4.69) is 23.8 Å². The van der Waals surface area contributed by atoms with Gasteiger partial charge in [0.25, 0.3) is 0 Å². The summed E-state index contributed by atoms with van der Waals surface area (Å²) in [5.41, 5.74) is 5.92. The molecule has 164 valence electrons. The highest BCUT2D eigenvalue weighted by atomic mass is 16.5. The highest BCUT2D eigenvalue weighted by Gasteiger charge is 2.35. The van der Waals surface area contributed by atoms with Crippen LogP contribution in [-0.2, 0) is 11.8 Å². The lowest BCUT2D eigenvalue weighted by Gasteiger charge is -2.33. The zero-order valence-corrected chi connectivity index (χ0v) is 19.1. The van der Waals surface area contributed by atoms with Crippen LogP contribution in [-0.4, -0.2) is 49.4 Å². The van der Waals surface area contributed by atoms with E-state index in [0.717, 1.165) is 53.5 Å². The van der Waals surface area contributed by atoms with Crippen molar-refractivity contribution in [2.45, 2.75) is 59.0 Å². The second-order valence-electron chi connectivity index (χ2n) is 9.83. The summed E-state index contributed by atoms with van der Waals surface area (Å²) in [7, 11) is 1.93. The molecule has 4 heterocycles. The lowest BCUT2D eigenvalue weighted by Crippen LogP contribution is -2.39. The minimum absolute atomic E-state index is 0.0403. The predicted octanol–water partition coefficient (Wildman–Crippen LogP) is 3.64. The van der Waals surface area contributed by atoms with Gasteiger partial charge in [-0.25, -0.2) is 15.0 Å². The van der Waals surface area contributed by atoms with Crippen LogP contribution in [0.3, 0.4) is 0 Å². The molecule has 5 rings (SSSR count). The van der Waals surface area contributed by atoms with Crippen LogP contribution in [0.2, 0.25) is 0 Å². The third-order valence-corrected chi connectivity index (χ3v) is 6.76. The fourth-order valence-electron chi connectivity index (χ4n) is 4.86. The molecule has 8 nitrogen and oxygen atoms in total. The molecule has 2 atom stereocenters. The topological polar surface area (TPSA) is 81.9 Å². The Hall–Kier alpha value is -2.61. The number of morpholine rings is 1. The van der Waals surface area contributed by atoms with Gasteiger partial charge in [0, 0.05) is 31.3 Å². The van der Waals surface area contributed by atoms with Crippen molar-refractivity contribution in [1.82, 2.24) is 29.7 Å². The molecular formula is C23H31N7O. The summed E-state index contributed by atoms with van der Waals surface area (Å²) in [6, 6.07) is 0. The first-order valence-corrected chi connectivity index (χ1v) is 11.2. The summed E-state index contributed by atoms with van der Waals surface area (Å²) in [6.45, 7) is 10.8. The molecule has 1 saturated carbocycles. The van der Waals surface area contributed by atoms with Crippen molar-refractivity contribution in [3.63, 3.8) is 0 Å². The maximum atomic E-state index is 6.03. The molecule has 2 fully saturated rings. The van der Waals surface area contributed by atoms with Crippen LogP contribution in [0, 0.1) is 19.3 Å². The van der Waals surface area contributed by atoms with Crippen LogP contribution in [0.25, 0.3) is 11.2 Å². The highest BCUT2D eigenvalue weighted by Crippen LogP contribution is 2.46. The van der Waals surface area contributed by atoms with Crippen LogP contribution < -0.4 is 4.90 Å². The molecule has 1 saturated heterocycles. The average Bonchev–Trinajstić information content (AvgIpc) is 3.33. The number of fused-ring (bicyclic) bond motifs is 1. The summed E-state index contributed by atoms with van der Waals surface area (Å²) in [4.78, 5) is 21.9. The van der Waals surface area contributed by atoms with Crippen molar-refractivity contribution >= 4 is 17.1 Å². The summed E-state index contributed by atoms with van der Waals surface area (Å²) in [5, 5.41) is 4.30. The van der Waals surface area contributed by atoms with Crippen molar-refractivity contribution in [2.24, 2.45) is 12.5 Å². The van der Waals surface area contributed by atoms with Gasteiger partial charge in [0.2, 0.25) is 5.95 Å². The molecular weight excluding hydrogens is 390 g/mol. The number of hydrogen-bond donors (Lipinski definition) is 0. The summed E-state index contributed by atoms with van der Waals surface area (Å²) >= 11 is 0. The van der Waals surface area contributed by atoms with Crippen molar-refractivity contribution in [3.8, 4) is 0 Å². The van der Waals surface area contributed by atoms with Gasteiger partial charge in [0.05, 0.1) is 36.4 Å². The van der Waals surface area contributed by atoms with E-state index in [9.17, 15) is 0 Å². The van der Waals surface area contributed by atoms with Crippen molar-refractivity contribution in [1.29, 1.82) is 0 Å². The van der Waals surface area contributed by atoms with E-state index in [4.69, 9.17) is 24.7 Å². The van der Waals surface area contributed by atoms with Crippen molar-refractivity contribution in [2.75, 3.05) is 24.6 Å². The van der Waals surface area contributed by atoms with Gasteiger partial charge in [-0.15, -0.1) is 0 Å². The maximum Gasteiger partial charge on any atom is 0.227 e. The third-order valence-electron chi connectivity index (χ3n) is 6.76. The van der Waals surface area contributed by atoms with Gasteiger partial charge in [-0.1, -0.05) is 13.8 Å². The van der Waals surface area contributed by atoms with Crippen LogP contribution in [0.4, 0.5) is 5.95 Å². The molecule has 1 aliphatic carbocycles. The molecule has 0 radical (unpaired) electrons. The minimum Gasteiger partial charge on any atom is -0.370 e. The van der Waals surface area contributed by atoms with E-state index in [0.29, 0.717) is 30.1 Å². The van der Waals surface area contributed by atoms with E-state index in [1.807, 2.05) is 38.0 Å². The van der Waals surface area contributed by atoms with E-state index in [-0.39, 0.29) is 6.10 Å². The Balaban J connectivity index is 1.55. The van der Waals surface area contributed by atoms with E-state index >= 15 is 0 Å². The molecule has 0 spiro atoms. The largest absolute Gasteiger partial charge is 0.370 e. The first-order chi connectivity index (χ1) is 14.8. The Morgan fingerprint density at radius 1 is 1.10 bits per heavy atom. The standard InChI is InChI=1S/C23H31N7O/c1-14-15(2)26-21-20(25-14)19(16-6-7-23(3,4)10-16)27-22(28-21)30-8-9-31-18(13-30)17-11-24-29(5)12-17/h11-12,16,18H,6-10,13H2,1-5H3/t16-,18?/m0/s1. The number of rotatable bonds is 3. The molecule has 3 aromatic heterocycles. The first kappa shape index (κ1) is 20.3. The molecule has 1 unspecified atom stereocenters. The van der Waals surface area contributed by atoms with E-state index in [1.165, 1.54) is 6.42 Å². The Morgan fingerprint density at radius 3 is 2.61 bits per heavy atom. The molecule has 8 heteroatoms. The summed E-state index contributed by atoms with van der Waals surface area (Å²) in [6.07, 6.45) is 7.31. The monoisotopic (exact) mass is 421 g/mol. The number of aryl methyl sites for hydroxylation is 3. The Labute approximate surface area is 183 Å². The number of ether oxygens (including phenoxy) is 1. The molecule has 1 aliphatic heterocycles. The van der Waals surface area contributed by atoms with Gasteiger partial charge in [-0.2, -0.15) is 10.1 Å². The van der Waals surface area contributed by atoms with Gasteiger partial charge in [0.15, 0.2) is 5.65 Å². The first-order valence-electron chi connectivity index (χ1n) is 11.2. The van der Waals surface area contributed by atoms with E-state index in [1.54, 1.807) is 0 Å². The number of anilines is 1. The molecule has 0 bridgehead atoms. The minimum atomic E-state index is -0.0403. The normalized spacial score (nSPS) is 23.6. The predicted molar refractivity (Wildman–Crippen MR) is 119 cm³/mol. The zero-order chi connectivity index (χ0) is 21.8. The third kappa shape index (κ3) is 3.89. The average molecular weight is 422 g/mol. The lowest BCUT2D eigenvalue weighted by molar-refractivity contribution is 0.0392. The Morgan fingerprint density at radius 2 is 1.90 bits per heavy atom. The summed E-state index contributed by atoms with van der Waals surface area (Å²) < 4.78 is 7.84.